The Morgan fingerprint density at radius 3 is 3.11 bits per heavy atom. The molecule has 3 aromatic rings. The number of hydrogen-bond donors (Lipinski definition) is 1. The van der Waals surface area contributed by atoms with Crippen molar-refractivity contribution in [1.29, 1.82) is 0 Å². The van der Waals surface area contributed by atoms with Crippen molar-refractivity contribution in [3.05, 3.63) is 41.5 Å². The number of benzene rings is 1. The number of para-hydroxylation sites is 1. The van der Waals surface area contributed by atoms with Gasteiger partial charge in [0, 0.05) is 29.2 Å². The number of rotatable bonds is 4. The van der Waals surface area contributed by atoms with Crippen molar-refractivity contribution in [3.63, 3.8) is 0 Å². The van der Waals surface area contributed by atoms with Crippen LogP contribution in [0.4, 0.5) is 5.13 Å². The summed E-state index contributed by atoms with van der Waals surface area (Å²) in [5.41, 5.74) is 6.85. The summed E-state index contributed by atoms with van der Waals surface area (Å²) in [6.45, 7) is 3.07. The average Bonchev–Trinajstić information content (AvgIpc) is 3.07. The molecule has 1 N–H and O–H groups in total. The molecule has 0 bridgehead atoms. The monoisotopic (exact) mass is 271 g/mol. The SMILES string of the molecule is CCn1cc(/C=N/Nc2nncs2)c2ccccc21. The minimum absolute atomic E-state index is 0.690. The van der Waals surface area contributed by atoms with Crippen LogP contribution < -0.4 is 5.43 Å². The van der Waals surface area contributed by atoms with E-state index in [0.29, 0.717) is 5.13 Å². The topological polar surface area (TPSA) is 55.1 Å². The second kappa shape index (κ2) is 5.19. The van der Waals surface area contributed by atoms with Gasteiger partial charge in [-0.1, -0.05) is 29.5 Å². The zero-order valence-corrected chi connectivity index (χ0v) is 11.3. The fourth-order valence-corrected chi connectivity index (χ4v) is 2.41. The smallest absolute Gasteiger partial charge is 0.225 e. The molecule has 1 aromatic carbocycles. The number of anilines is 1. The third-order valence-electron chi connectivity index (χ3n) is 2.88. The van der Waals surface area contributed by atoms with Crippen molar-refractivity contribution < 1.29 is 0 Å². The van der Waals surface area contributed by atoms with E-state index in [-0.39, 0.29) is 0 Å². The van der Waals surface area contributed by atoms with Gasteiger partial charge in [0.25, 0.3) is 0 Å². The van der Waals surface area contributed by atoms with Gasteiger partial charge in [0.15, 0.2) is 0 Å². The molecule has 0 aliphatic carbocycles. The van der Waals surface area contributed by atoms with E-state index in [1.807, 2.05) is 12.3 Å². The Morgan fingerprint density at radius 1 is 1.42 bits per heavy atom. The highest BCUT2D eigenvalue weighted by atomic mass is 32.1. The van der Waals surface area contributed by atoms with E-state index < -0.39 is 0 Å². The molecular formula is C13H13N5S. The van der Waals surface area contributed by atoms with Gasteiger partial charge >= 0.3 is 0 Å². The molecule has 0 atom stereocenters. The van der Waals surface area contributed by atoms with E-state index in [0.717, 1.165) is 12.1 Å². The van der Waals surface area contributed by atoms with Gasteiger partial charge in [-0.15, -0.1) is 10.2 Å². The van der Waals surface area contributed by atoms with Crippen molar-refractivity contribution in [2.24, 2.45) is 5.10 Å². The van der Waals surface area contributed by atoms with Gasteiger partial charge in [-0.2, -0.15) is 5.10 Å². The maximum absolute atomic E-state index is 4.20. The van der Waals surface area contributed by atoms with Crippen LogP contribution in [0.25, 0.3) is 10.9 Å². The number of nitrogens with zero attached hydrogens (tertiary/aromatic N) is 4. The number of nitrogens with one attached hydrogen (secondary N) is 1. The number of hydrogen-bond acceptors (Lipinski definition) is 5. The quantitative estimate of drug-likeness (QED) is 0.586. The number of hydrazone groups is 1. The Morgan fingerprint density at radius 2 is 2.32 bits per heavy atom. The predicted molar refractivity (Wildman–Crippen MR) is 78.7 cm³/mol. The Bertz CT molecular complexity index is 699. The van der Waals surface area contributed by atoms with E-state index >= 15 is 0 Å². The molecule has 3 rings (SSSR count). The zero-order chi connectivity index (χ0) is 13.1. The second-order valence-electron chi connectivity index (χ2n) is 4.00. The van der Waals surface area contributed by atoms with E-state index in [2.05, 4.69) is 56.6 Å². The fraction of sp³-hybridized carbons (Fsp3) is 0.154. The molecule has 0 saturated heterocycles. The van der Waals surface area contributed by atoms with Gasteiger partial charge < -0.3 is 4.57 Å². The molecule has 0 fully saturated rings. The lowest BCUT2D eigenvalue weighted by molar-refractivity contribution is 0.797. The maximum Gasteiger partial charge on any atom is 0.225 e. The highest BCUT2D eigenvalue weighted by Crippen LogP contribution is 2.19. The Balaban J connectivity index is 1.90. The molecule has 0 spiro atoms. The largest absolute Gasteiger partial charge is 0.347 e. The van der Waals surface area contributed by atoms with Gasteiger partial charge in [0.05, 0.1) is 6.21 Å². The lowest BCUT2D eigenvalue weighted by atomic mass is 10.2. The Hall–Kier alpha value is -2.21. The van der Waals surface area contributed by atoms with Crippen molar-refractivity contribution >= 4 is 33.6 Å². The van der Waals surface area contributed by atoms with Crippen molar-refractivity contribution in [2.45, 2.75) is 13.5 Å². The van der Waals surface area contributed by atoms with Gasteiger partial charge in [0.1, 0.15) is 5.51 Å². The number of aromatic nitrogens is 3. The summed E-state index contributed by atoms with van der Waals surface area (Å²) >= 11 is 1.42. The van der Waals surface area contributed by atoms with Crippen LogP contribution in [-0.4, -0.2) is 21.0 Å². The van der Waals surface area contributed by atoms with Gasteiger partial charge in [-0.05, 0) is 13.0 Å². The first kappa shape index (κ1) is 11.9. The van der Waals surface area contributed by atoms with Crippen LogP contribution in [0.5, 0.6) is 0 Å². The first-order chi connectivity index (χ1) is 9.38. The molecule has 0 amide bonds. The maximum atomic E-state index is 4.20. The molecule has 96 valence electrons. The number of aryl methyl sites for hydroxylation is 1. The minimum Gasteiger partial charge on any atom is -0.347 e. The summed E-state index contributed by atoms with van der Waals surface area (Å²) in [5, 5.41) is 13.7. The second-order valence-corrected chi connectivity index (χ2v) is 4.83. The molecule has 0 unspecified atom stereocenters. The summed E-state index contributed by atoms with van der Waals surface area (Å²) in [7, 11) is 0. The zero-order valence-electron chi connectivity index (χ0n) is 10.4. The Labute approximate surface area is 114 Å². The van der Waals surface area contributed by atoms with Crippen LogP contribution in [0.2, 0.25) is 0 Å². The third-order valence-corrected chi connectivity index (χ3v) is 3.48. The first-order valence-electron chi connectivity index (χ1n) is 6.01. The molecule has 2 heterocycles. The lowest BCUT2D eigenvalue weighted by Crippen LogP contribution is -1.91. The van der Waals surface area contributed by atoms with Crippen LogP contribution >= 0.6 is 11.3 Å². The number of fused-ring (bicyclic) bond motifs is 1. The molecule has 6 heteroatoms. The Kier molecular flexibility index (Phi) is 3.24. The summed E-state index contributed by atoms with van der Waals surface area (Å²) in [4.78, 5) is 0. The van der Waals surface area contributed by atoms with Gasteiger partial charge in [-0.3, -0.25) is 5.43 Å². The van der Waals surface area contributed by atoms with Crippen LogP contribution in [0.15, 0.2) is 41.1 Å². The third kappa shape index (κ3) is 2.34. The average molecular weight is 271 g/mol. The van der Waals surface area contributed by atoms with Crippen molar-refractivity contribution in [1.82, 2.24) is 14.8 Å². The molecule has 2 aromatic heterocycles. The van der Waals surface area contributed by atoms with Gasteiger partial charge in [-0.25, -0.2) is 0 Å². The van der Waals surface area contributed by atoms with E-state index in [1.54, 1.807) is 5.51 Å². The molecule has 0 saturated carbocycles. The van der Waals surface area contributed by atoms with E-state index in [4.69, 9.17) is 0 Å². The fourth-order valence-electron chi connectivity index (χ4n) is 2.02. The van der Waals surface area contributed by atoms with Crippen LogP contribution in [-0.2, 0) is 6.54 Å². The molecule has 5 nitrogen and oxygen atoms in total. The van der Waals surface area contributed by atoms with Crippen LogP contribution in [0, 0.1) is 0 Å². The van der Waals surface area contributed by atoms with Crippen LogP contribution in [0.1, 0.15) is 12.5 Å². The van der Waals surface area contributed by atoms with Crippen molar-refractivity contribution in [2.75, 3.05) is 5.43 Å². The lowest BCUT2D eigenvalue weighted by Gasteiger charge is -1.97. The summed E-state index contributed by atoms with van der Waals surface area (Å²) < 4.78 is 2.21. The van der Waals surface area contributed by atoms with Gasteiger partial charge in [0.2, 0.25) is 5.13 Å². The van der Waals surface area contributed by atoms with E-state index in [9.17, 15) is 0 Å². The molecule has 0 aliphatic heterocycles. The molecule has 0 radical (unpaired) electrons. The summed E-state index contributed by atoms with van der Waals surface area (Å²) in [5.74, 6) is 0. The minimum atomic E-state index is 0.690. The highest BCUT2D eigenvalue weighted by molar-refractivity contribution is 7.13. The highest BCUT2D eigenvalue weighted by Gasteiger charge is 2.04. The summed E-state index contributed by atoms with van der Waals surface area (Å²) in [6, 6.07) is 8.31. The predicted octanol–water partition coefficient (Wildman–Crippen LogP) is 2.96. The van der Waals surface area contributed by atoms with Crippen molar-refractivity contribution in [3.8, 4) is 0 Å². The molecular weight excluding hydrogens is 258 g/mol. The molecule has 19 heavy (non-hydrogen) atoms. The van der Waals surface area contributed by atoms with Crippen LogP contribution in [0.3, 0.4) is 0 Å². The molecule has 0 aliphatic rings. The standard InChI is InChI=1S/C13H13N5S/c1-2-18-8-10(11-5-3-4-6-12(11)18)7-14-16-13-17-15-9-19-13/h3-9H,2H2,1H3,(H,16,17)/b14-7+. The van der Waals surface area contributed by atoms with E-state index in [1.165, 1.54) is 22.2 Å². The summed E-state index contributed by atoms with van der Waals surface area (Å²) in [6.07, 6.45) is 3.92. The first-order valence-corrected chi connectivity index (χ1v) is 6.89. The normalized spacial score (nSPS) is 11.4.